The van der Waals surface area contributed by atoms with Crippen molar-refractivity contribution in [1.29, 1.82) is 0 Å². The van der Waals surface area contributed by atoms with Crippen LogP contribution < -0.4 is 5.56 Å². The van der Waals surface area contributed by atoms with Gasteiger partial charge in [0.2, 0.25) is 0 Å². The van der Waals surface area contributed by atoms with Crippen molar-refractivity contribution in [3.05, 3.63) is 50.1 Å². The highest BCUT2D eigenvalue weighted by Gasteiger charge is 2.30. The van der Waals surface area contributed by atoms with Crippen LogP contribution in [0, 0.1) is 11.1 Å². The molecule has 0 saturated carbocycles. The van der Waals surface area contributed by atoms with Crippen LogP contribution in [0.25, 0.3) is 0 Å². The van der Waals surface area contributed by atoms with Gasteiger partial charge in [-0.05, 0) is 32.6 Å². The number of rotatable bonds is 6. The molecule has 1 aromatic rings. The van der Waals surface area contributed by atoms with Crippen molar-refractivity contribution in [2.24, 2.45) is 5.92 Å². The zero-order valence-electron chi connectivity index (χ0n) is 15.3. The van der Waals surface area contributed by atoms with E-state index in [2.05, 4.69) is 6.08 Å². The number of hydrogen-bond acceptors (Lipinski definition) is 3. The van der Waals surface area contributed by atoms with Gasteiger partial charge >= 0.3 is 0 Å². The summed E-state index contributed by atoms with van der Waals surface area (Å²) in [6, 6.07) is 0. The largest absolute Gasteiger partial charge is 0.789 e. The van der Waals surface area contributed by atoms with Gasteiger partial charge in [0.15, 0.2) is 5.78 Å². The van der Waals surface area contributed by atoms with Gasteiger partial charge in [0.1, 0.15) is 5.69 Å². The minimum absolute atomic E-state index is 0.117. The summed E-state index contributed by atoms with van der Waals surface area (Å²) in [5.74, 6) is -0.583. The van der Waals surface area contributed by atoms with Crippen molar-refractivity contribution in [2.45, 2.75) is 66.3 Å². The minimum Gasteiger partial charge on any atom is -0.789 e. The third-order valence-electron chi connectivity index (χ3n) is 4.49. The van der Waals surface area contributed by atoms with Crippen LogP contribution in [0.4, 0.5) is 0 Å². The maximum atomic E-state index is 13.2. The lowest BCUT2D eigenvalue weighted by molar-refractivity contribution is 0.0929. The van der Waals surface area contributed by atoms with E-state index in [0.29, 0.717) is 29.1 Å². The van der Waals surface area contributed by atoms with E-state index in [4.69, 9.17) is 0 Å². The number of aromatic nitrogens is 2. The first-order valence-electron chi connectivity index (χ1n) is 8.70. The quantitative estimate of drug-likeness (QED) is 0.740. The summed E-state index contributed by atoms with van der Waals surface area (Å²) in [6.07, 6.45) is 6.29. The third-order valence-corrected chi connectivity index (χ3v) is 4.49. The normalized spacial score (nSPS) is 17.8. The molecule has 0 amide bonds. The van der Waals surface area contributed by atoms with E-state index < -0.39 is 5.56 Å². The Morgan fingerprint density at radius 3 is 2.58 bits per heavy atom. The number of unbranched alkanes of at least 4 members (excludes halogenated alkanes) is 1. The summed E-state index contributed by atoms with van der Waals surface area (Å²) in [4.78, 5) is 25.9. The average Bonchev–Trinajstić information content (AvgIpc) is 2.75. The molecule has 0 aromatic carbocycles. The van der Waals surface area contributed by atoms with E-state index in [1.54, 1.807) is 0 Å². The average molecular weight is 331 g/mol. The first-order valence-corrected chi connectivity index (χ1v) is 8.70. The van der Waals surface area contributed by atoms with Crippen LogP contribution in [-0.2, 0) is 6.54 Å². The highest BCUT2D eigenvalue weighted by atomic mass is 16.5. The van der Waals surface area contributed by atoms with Gasteiger partial charge in [0.05, 0.1) is 0 Å². The molecule has 0 aliphatic heterocycles. The van der Waals surface area contributed by atoms with Crippen molar-refractivity contribution < 1.29 is 4.79 Å². The Kier molecular flexibility index (Phi) is 5.52. The lowest BCUT2D eigenvalue weighted by Crippen LogP contribution is -2.23. The van der Waals surface area contributed by atoms with Crippen LogP contribution in [0.5, 0.6) is 0 Å². The molecule has 24 heavy (non-hydrogen) atoms. The number of Topliss-reactive ketones (excluding diaryl/α,β-unsaturated/α-hetero) is 1. The summed E-state index contributed by atoms with van der Waals surface area (Å²) in [5, 5.41) is 12.3. The van der Waals surface area contributed by atoms with Crippen LogP contribution in [0.3, 0.4) is 0 Å². The second-order valence-electron chi connectivity index (χ2n) is 7.05. The monoisotopic (exact) mass is 331 g/mol. The van der Waals surface area contributed by atoms with E-state index in [1.165, 1.54) is 4.68 Å². The molecule has 0 fully saturated rings. The van der Waals surface area contributed by atoms with Crippen LogP contribution in [0.2, 0.25) is 0 Å². The molecule has 1 aromatic heterocycles. The topological polar surface area (TPSA) is 67.1 Å². The minimum atomic E-state index is -0.590. The second kappa shape index (κ2) is 7.24. The predicted molar refractivity (Wildman–Crippen MR) is 96.4 cm³/mol. The molecule has 1 aliphatic rings. The van der Waals surface area contributed by atoms with Gasteiger partial charge in [0.25, 0.3) is 5.56 Å². The molecule has 1 unspecified atom stereocenters. The van der Waals surface area contributed by atoms with Gasteiger partial charge < -0.3 is 5.21 Å². The Balaban J connectivity index is 2.55. The van der Waals surface area contributed by atoms with Crippen molar-refractivity contribution in [3.63, 3.8) is 0 Å². The third kappa shape index (κ3) is 3.40. The van der Waals surface area contributed by atoms with Gasteiger partial charge in [0, 0.05) is 18.0 Å². The van der Waals surface area contributed by atoms with E-state index in [1.807, 2.05) is 40.7 Å². The molecule has 1 aliphatic carbocycles. The maximum Gasteiger partial charge on any atom is 0.266 e. The Hall–Kier alpha value is -2.04. The Labute approximate surface area is 143 Å². The van der Waals surface area contributed by atoms with E-state index in [9.17, 15) is 14.8 Å². The molecule has 0 N–H and O–H groups in total. The van der Waals surface area contributed by atoms with Gasteiger partial charge in [-0.25, -0.2) is 0 Å². The van der Waals surface area contributed by atoms with Crippen molar-refractivity contribution in [2.75, 3.05) is 0 Å². The number of ketones is 1. The number of carbonyl (C=O) groups excluding carboxylic acids is 1. The Bertz CT molecular complexity index is 747. The fourth-order valence-electron chi connectivity index (χ4n) is 3.40. The molecule has 2 rings (SSSR count). The van der Waals surface area contributed by atoms with Crippen molar-refractivity contribution in [3.8, 4) is 0 Å². The van der Waals surface area contributed by atoms with Gasteiger partial charge in [-0.1, -0.05) is 50.5 Å². The lowest BCUT2D eigenvalue weighted by atomic mass is 9.85. The smallest absolute Gasteiger partial charge is 0.266 e. The highest BCUT2D eigenvalue weighted by Crippen LogP contribution is 2.28. The highest BCUT2D eigenvalue weighted by molar-refractivity contribution is 5.99. The van der Waals surface area contributed by atoms with Gasteiger partial charge in [-0.15, -0.1) is 0 Å². The summed E-state index contributed by atoms with van der Waals surface area (Å²) >= 11 is 0. The molecule has 5 nitrogen and oxygen atoms in total. The molecular weight excluding hydrogens is 304 g/mol. The van der Waals surface area contributed by atoms with E-state index in [0.717, 1.165) is 24.0 Å². The molecule has 0 bridgehead atoms. The second-order valence-corrected chi connectivity index (χ2v) is 7.05. The summed E-state index contributed by atoms with van der Waals surface area (Å²) in [5.41, 5.74) is 2.26. The molecule has 0 radical (unpaired) electrons. The van der Waals surface area contributed by atoms with Crippen LogP contribution in [-0.4, -0.2) is 15.3 Å². The molecule has 132 valence electrons. The molecular formula is C19H27N2O3-. The van der Waals surface area contributed by atoms with Crippen molar-refractivity contribution in [1.82, 2.24) is 9.53 Å². The summed E-state index contributed by atoms with van der Waals surface area (Å²) in [7, 11) is 0. The van der Waals surface area contributed by atoms with Crippen LogP contribution in [0.1, 0.15) is 75.9 Å². The number of nitrogens with zero attached hydrogens (tertiary/aromatic N) is 2. The number of carbonyl (C=O) groups is 1. The van der Waals surface area contributed by atoms with Crippen LogP contribution in [0.15, 0.2) is 28.1 Å². The maximum absolute atomic E-state index is 13.2. The fourth-order valence-corrected chi connectivity index (χ4v) is 3.40. The van der Waals surface area contributed by atoms with Crippen LogP contribution >= 0.6 is 0 Å². The first-order chi connectivity index (χ1) is 11.3. The molecule has 1 heterocycles. The number of hydrogen-bond donors (Lipinski definition) is 0. The van der Waals surface area contributed by atoms with E-state index in [-0.39, 0.29) is 17.6 Å². The zero-order valence-corrected chi connectivity index (χ0v) is 15.3. The molecule has 1 atom stereocenters. The van der Waals surface area contributed by atoms with Gasteiger partial charge in [-0.3, -0.25) is 19.1 Å². The summed E-state index contributed by atoms with van der Waals surface area (Å²) < 4.78 is 1.35. The fraction of sp³-hybridized carbons (Fsp3) is 0.579. The van der Waals surface area contributed by atoms with E-state index >= 15 is 0 Å². The molecule has 0 saturated heterocycles. The zero-order chi connectivity index (χ0) is 18.0. The molecule has 5 heteroatoms. The predicted octanol–water partition coefficient (Wildman–Crippen LogP) is 4.01. The summed E-state index contributed by atoms with van der Waals surface area (Å²) in [6.45, 7) is 10.1. The first kappa shape index (κ1) is 18.3. The standard InChI is InChI=1S/C19H27N2O3/c1-6-7-8-20-17(16(12(2)3)19(23)21(20)24)18(22)15-10-13(4)9-14(5)11-15/h9-10,12,15H,6-8,11H2,1-5H3/q-1. The Morgan fingerprint density at radius 1 is 1.38 bits per heavy atom. The van der Waals surface area contributed by atoms with Crippen molar-refractivity contribution >= 4 is 5.78 Å². The lowest BCUT2D eigenvalue weighted by Gasteiger charge is -2.21. The number of allylic oxidation sites excluding steroid dienone is 4. The Morgan fingerprint density at radius 2 is 2.04 bits per heavy atom. The molecule has 0 spiro atoms. The SMILES string of the molecule is CCCCn1c(C(=O)C2C=C(C)C=C(C)C2)c(C(C)C)c(=O)n1[O-]. The van der Waals surface area contributed by atoms with Gasteiger partial charge in [-0.2, -0.15) is 0 Å².